The molecule has 0 aliphatic carbocycles. The standard InChI is InChI=1S/C9H10BrN5O2S/c1-15-9(12-5-13-15)14-18(16,17)8-4-6(11)2-3-7(8)10/h2-5H,11H2,1H3,(H,12,13,14). The van der Waals surface area contributed by atoms with Gasteiger partial charge in [0.1, 0.15) is 11.2 Å². The fraction of sp³-hybridized carbons (Fsp3) is 0.111. The first-order chi connectivity index (χ1) is 8.40. The van der Waals surface area contributed by atoms with Crippen molar-refractivity contribution in [1.29, 1.82) is 0 Å². The summed E-state index contributed by atoms with van der Waals surface area (Å²) in [5, 5.41) is 3.78. The molecular weight excluding hydrogens is 322 g/mol. The number of aromatic nitrogens is 3. The van der Waals surface area contributed by atoms with Crippen molar-refractivity contribution in [1.82, 2.24) is 14.8 Å². The molecule has 18 heavy (non-hydrogen) atoms. The van der Waals surface area contributed by atoms with Crippen LogP contribution in [0.25, 0.3) is 0 Å². The van der Waals surface area contributed by atoms with Crippen LogP contribution in [0.15, 0.2) is 33.9 Å². The van der Waals surface area contributed by atoms with Crippen LogP contribution in [-0.2, 0) is 17.1 Å². The van der Waals surface area contributed by atoms with E-state index >= 15 is 0 Å². The van der Waals surface area contributed by atoms with Gasteiger partial charge >= 0.3 is 0 Å². The quantitative estimate of drug-likeness (QED) is 0.815. The zero-order chi connectivity index (χ0) is 13.3. The predicted octanol–water partition coefficient (Wildman–Crippen LogP) is 0.961. The second-order valence-electron chi connectivity index (χ2n) is 3.50. The summed E-state index contributed by atoms with van der Waals surface area (Å²) in [5.41, 5.74) is 5.94. The number of halogens is 1. The Morgan fingerprint density at radius 2 is 2.17 bits per heavy atom. The van der Waals surface area contributed by atoms with Crippen LogP contribution >= 0.6 is 15.9 Å². The first-order valence-electron chi connectivity index (χ1n) is 4.82. The summed E-state index contributed by atoms with van der Waals surface area (Å²) in [7, 11) is -2.18. The maximum atomic E-state index is 12.1. The molecule has 0 amide bonds. The van der Waals surface area contributed by atoms with Gasteiger partial charge in [-0.05, 0) is 34.1 Å². The fourth-order valence-corrected chi connectivity index (χ4v) is 3.33. The zero-order valence-corrected chi connectivity index (χ0v) is 11.7. The molecule has 0 aliphatic rings. The summed E-state index contributed by atoms with van der Waals surface area (Å²) >= 11 is 3.17. The van der Waals surface area contributed by atoms with Crippen LogP contribution < -0.4 is 10.5 Å². The first kappa shape index (κ1) is 12.8. The first-order valence-corrected chi connectivity index (χ1v) is 7.09. The lowest BCUT2D eigenvalue weighted by Crippen LogP contribution is -2.16. The Hall–Kier alpha value is -1.61. The second kappa shape index (κ2) is 4.58. The summed E-state index contributed by atoms with van der Waals surface area (Å²) in [4.78, 5) is 3.84. The third-order valence-electron chi connectivity index (χ3n) is 2.18. The molecule has 0 fully saturated rings. The Kier molecular flexibility index (Phi) is 3.26. The van der Waals surface area contributed by atoms with E-state index in [1.165, 1.54) is 17.1 Å². The van der Waals surface area contributed by atoms with Crippen LogP contribution in [0.5, 0.6) is 0 Å². The second-order valence-corrected chi connectivity index (χ2v) is 6.01. The van der Waals surface area contributed by atoms with E-state index in [0.717, 1.165) is 0 Å². The number of nitrogens with zero attached hydrogens (tertiary/aromatic N) is 3. The number of sulfonamides is 1. The van der Waals surface area contributed by atoms with Gasteiger partial charge in [0.2, 0.25) is 5.95 Å². The van der Waals surface area contributed by atoms with Crippen molar-refractivity contribution in [2.45, 2.75) is 4.90 Å². The van der Waals surface area contributed by atoms with Gasteiger partial charge < -0.3 is 5.73 Å². The highest BCUT2D eigenvalue weighted by molar-refractivity contribution is 9.10. The van der Waals surface area contributed by atoms with Crippen LogP contribution in [0.3, 0.4) is 0 Å². The SMILES string of the molecule is Cn1ncnc1NS(=O)(=O)c1cc(N)ccc1Br. The van der Waals surface area contributed by atoms with Crippen LogP contribution in [-0.4, -0.2) is 23.2 Å². The summed E-state index contributed by atoms with van der Waals surface area (Å²) in [6.45, 7) is 0. The van der Waals surface area contributed by atoms with Crippen molar-refractivity contribution in [2.24, 2.45) is 7.05 Å². The number of nitrogen functional groups attached to an aromatic ring is 1. The zero-order valence-electron chi connectivity index (χ0n) is 9.33. The Labute approximate surface area is 112 Å². The van der Waals surface area contributed by atoms with E-state index in [-0.39, 0.29) is 10.8 Å². The molecule has 1 aromatic carbocycles. The molecule has 2 aromatic rings. The van der Waals surface area contributed by atoms with E-state index < -0.39 is 10.0 Å². The summed E-state index contributed by atoms with van der Waals surface area (Å²) in [6.07, 6.45) is 1.26. The van der Waals surface area contributed by atoms with Crippen molar-refractivity contribution < 1.29 is 8.42 Å². The van der Waals surface area contributed by atoms with Crippen LogP contribution in [0.2, 0.25) is 0 Å². The summed E-state index contributed by atoms with van der Waals surface area (Å²) in [5.74, 6) is 0.129. The number of rotatable bonds is 3. The van der Waals surface area contributed by atoms with Gasteiger partial charge in [-0.25, -0.2) is 17.8 Å². The molecule has 0 spiro atoms. The lowest BCUT2D eigenvalue weighted by Gasteiger charge is -2.09. The molecule has 0 atom stereocenters. The largest absolute Gasteiger partial charge is 0.399 e. The minimum atomic E-state index is -3.76. The third-order valence-corrected chi connectivity index (χ3v) is 4.50. The van der Waals surface area contributed by atoms with Gasteiger partial charge in [0, 0.05) is 17.2 Å². The average Bonchev–Trinajstić information content (AvgIpc) is 2.67. The molecule has 96 valence electrons. The van der Waals surface area contributed by atoms with Crippen molar-refractivity contribution in [3.05, 3.63) is 29.0 Å². The van der Waals surface area contributed by atoms with Gasteiger partial charge in [-0.2, -0.15) is 10.1 Å². The molecule has 0 saturated carbocycles. The minimum absolute atomic E-state index is 0.0468. The van der Waals surface area contributed by atoms with E-state index in [1.807, 2.05) is 0 Å². The molecule has 0 bridgehead atoms. The normalized spacial score (nSPS) is 11.4. The highest BCUT2D eigenvalue weighted by atomic mass is 79.9. The highest BCUT2D eigenvalue weighted by Crippen LogP contribution is 2.25. The molecule has 0 radical (unpaired) electrons. The fourth-order valence-electron chi connectivity index (χ4n) is 1.29. The van der Waals surface area contributed by atoms with Crippen LogP contribution in [0.1, 0.15) is 0 Å². The Bertz CT molecular complexity index is 682. The Balaban J connectivity index is 2.43. The Morgan fingerprint density at radius 3 is 2.78 bits per heavy atom. The van der Waals surface area contributed by atoms with Gasteiger partial charge in [0.25, 0.3) is 10.0 Å². The van der Waals surface area contributed by atoms with Gasteiger partial charge in [-0.15, -0.1) is 0 Å². The lowest BCUT2D eigenvalue weighted by molar-refractivity contribution is 0.599. The van der Waals surface area contributed by atoms with Crippen molar-refractivity contribution in [3.8, 4) is 0 Å². The van der Waals surface area contributed by atoms with E-state index in [0.29, 0.717) is 10.2 Å². The number of hydrogen-bond donors (Lipinski definition) is 2. The topological polar surface area (TPSA) is 103 Å². The number of nitrogens with one attached hydrogen (secondary N) is 1. The predicted molar refractivity (Wildman–Crippen MR) is 70.4 cm³/mol. The number of benzene rings is 1. The van der Waals surface area contributed by atoms with Crippen molar-refractivity contribution >= 4 is 37.6 Å². The van der Waals surface area contributed by atoms with E-state index in [4.69, 9.17) is 5.73 Å². The van der Waals surface area contributed by atoms with E-state index in [1.54, 1.807) is 19.2 Å². The molecule has 3 N–H and O–H groups in total. The number of aryl methyl sites for hydroxylation is 1. The highest BCUT2D eigenvalue weighted by Gasteiger charge is 2.20. The molecule has 7 nitrogen and oxygen atoms in total. The van der Waals surface area contributed by atoms with Crippen molar-refractivity contribution in [3.63, 3.8) is 0 Å². The number of hydrogen-bond acceptors (Lipinski definition) is 5. The average molecular weight is 332 g/mol. The minimum Gasteiger partial charge on any atom is -0.399 e. The van der Waals surface area contributed by atoms with Crippen molar-refractivity contribution in [2.75, 3.05) is 10.5 Å². The molecule has 0 unspecified atom stereocenters. The van der Waals surface area contributed by atoms with Gasteiger partial charge in [-0.3, -0.25) is 0 Å². The summed E-state index contributed by atoms with van der Waals surface area (Å²) in [6, 6.07) is 4.54. The molecule has 1 aromatic heterocycles. The summed E-state index contributed by atoms with van der Waals surface area (Å²) < 4.78 is 28.4. The van der Waals surface area contributed by atoms with Gasteiger partial charge in [0.15, 0.2) is 0 Å². The molecule has 2 rings (SSSR count). The number of nitrogens with two attached hydrogens (primary N) is 1. The van der Waals surface area contributed by atoms with Crippen LogP contribution in [0, 0.1) is 0 Å². The van der Waals surface area contributed by atoms with Gasteiger partial charge in [0.05, 0.1) is 0 Å². The monoisotopic (exact) mass is 331 g/mol. The molecular formula is C9H10BrN5O2S. The van der Waals surface area contributed by atoms with E-state index in [9.17, 15) is 8.42 Å². The van der Waals surface area contributed by atoms with E-state index in [2.05, 4.69) is 30.7 Å². The molecule has 1 heterocycles. The maximum absolute atomic E-state index is 12.1. The lowest BCUT2D eigenvalue weighted by atomic mass is 10.3. The molecule has 0 saturated heterocycles. The molecule has 9 heteroatoms. The maximum Gasteiger partial charge on any atom is 0.265 e. The third kappa shape index (κ3) is 2.46. The van der Waals surface area contributed by atoms with Gasteiger partial charge in [-0.1, -0.05) is 0 Å². The number of anilines is 2. The van der Waals surface area contributed by atoms with Crippen LogP contribution in [0.4, 0.5) is 11.6 Å². The Morgan fingerprint density at radius 1 is 1.44 bits per heavy atom. The smallest absolute Gasteiger partial charge is 0.265 e. The molecule has 0 aliphatic heterocycles.